The van der Waals surface area contributed by atoms with E-state index in [1.54, 1.807) is 12.1 Å². The first-order chi connectivity index (χ1) is 15.6. The molecule has 6 nitrogen and oxygen atoms in total. The van der Waals surface area contributed by atoms with Gasteiger partial charge in [-0.2, -0.15) is 0 Å². The minimum Gasteiger partial charge on any atom is -0.427 e. The van der Waals surface area contributed by atoms with Gasteiger partial charge in [-0.25, -0.2) is 9.97 Å². The van der Waals surface area contributed by atoms with Crippen molar-refractivity contribution in [3.05, 3.63) is 36.7 Å². The Labute approximate surface area is 191 Å². The molecule has 0 amide bonds. The molecule has 2 aromatic rings. The Morgan fingerprint density at radius 1 is 0.656 bits per heavy atom. The number of carbonyl (C=O) groups is 2. The van der Waals surface area contributed by atoms with Gasteiger partial charge in [-0.3, -0.25) is 9.59 Å². The third kappa shape index (κ3) is 10.0. The lowest BCUT2D eigenvalue weighted by atomic mass is 10.1. The number of nitrogens with zero attached hydrogens (tertiary/aromatic N) is 2. The van der Waals surface area contributed by atoms with Crippen molar-refractivity contribution in [3.63, 3.8) is 0 Å². The number of hydrogen-bond acceptors (Lipinski definition) is 6. The van der Waals surface area contributed by atoms with Crippen LogP contribution in [-0.4, -0.2) is 21.9 Å². The van der Waals surface area contributed by atoms with Crippen molar-refractivity contribution in [2.75, 3.05) is 0 Å². The van der Waals surface area contributed by atoms with E-state index < -0.39 is 0 Å². The van der Waals surface area contributed by atoms with Gasteiger partial charge in [-0.1, -0.05) is 65.2 Å². The zero-order chi connectivity index (χ0) is 23.0. The molecule has 0 unspecified atom stereocenters. The molecule has 0 spiro atoms. The summed E-state index contributed by atoms with van der Waals surface area (Å²) in [5.41, 5.74) is 0.790. The summed E-state index contributed by atoms with van der Waals surface area (Å²) in [6.07, 6.45) is 14.8. The van der Waals surface area contributed by atoms with E-state index in [1.807, 2.05) is 12.1 Å². The first kappa shape index (κ1) is 25.5. The topological polar surface area (TPSA) is 78.4 Å². The fourth-order valence-corrected chi connectivity index (χ4v) is 3.30. The first-order valence-corrected chi connectivity index (χ1v) is 12.0. The Hall–Kier alpha value is -2.76. The number of aromatic nitrogens is 2. The van der Waals surface area contributed by atoms with Crippen molar-refractivity contribution >= 4 is 11.9 Å². The van der Waals surface area contributed by atoms with Crippen LogP contribution in [-0.2, 0) is 9.59 Å². The van der Waals surface area contributed by atoms with Crippen molar-refractivity contribution in [1.29, 1.82) is 0 Å². The molecule has 2 rings (SSSR count). The van der Waals surface area contributed by atoms with E-state index in [0.717, 1.165) is 44.1 Å². The third-order valence-corrected chi connectivity index (χ3v) is 5.17. The predicted octanol–water partition coefficient (Wildman–Crippen LogP) is 6.68. The molecule has 0 bridgehead atoms. The van der Waals surface area contributed by atoms with E-state index in [2.05, 4.69) is 23.8 Å². The molecule has 0 saturated carbocycles. The van der Waals surface area contributed by atoms with Crippen LogP contribution in [0.2, 0.25) is 0 Å². The molecule has 1 aromatic carbocycles. The number of unbranched alkanes of at least 4 members (excludes halogenated alkanes) is 8. The van der Waals surface area contributed by atoms with Gasteiger partial charge in [0.05, 0.1) is 12.4 Å². The molecule has 0 saturated heterocycles. The van der Waals surface area contributed by atoms with Gasteiger partial charge >= 0.3 is 11.9 Å². The molecular weight excluding hydrogens is 404 g/mol. The monoisotopic (exact) mass is 440 g/mol. The van der Waals surface area contributed by atoms with Gasteiger partial charge in [0.25, 0.3) is 0 Å². The molecule has 0 aliphatic rings. The summed E-state index contributed by atoms with van der Waals surface area (Å²) in [6.45, 7) is 4.33. The standard InChI is InChI=1S/C26H36N2O4/c1-3-5-7-9-10-12-14-24(29)31-22-17-15-21(16-18-22)26-27-19-23(20-28-26)32-25(30)13-11-8-6-4-2/h15-20H,3-14H2,1-2H3. The molecule has 32 heavy (non-hydrogen) atoms. The number of benzene rings is 1. The Kier molecular flexibility index (Phi) is 12.0. The molecule has 1 heterocycles. The van der Waals surface area contributed by atoms with Crippen LogP contribution in [0.25, 0.3) is 11.4 Å². The van der Waals surface area contributed by atoms with Gasteiger partial charge in [-0.15, -0.1) is 0 Å². The maximum atomic E-state index is 12.0. The average Bonchev–Trinajstić information content (AvgIpc) is 2.80. The number of esters is 2. The first-order valence-electron chi connectivity index (χ1n) is 12.0. The fourth-order valence-electron chi connectivity index (χ4n) is 3.30. The molecule has 0 atom stereocenters. The zero-order valence-corrected chi connectivity index (χ0v) is 19.5. The molecule has 0 radical (unpaired) electrons. The predicted molar refractivity (Wildman–Crippen MR) is 125 cm³/mol. The van der Waals surface area contributed by atoms with Crippen molar-refractivity contribution in [2.24, 2.45) is 0 Å². The second kappa shape index (κ2) is 15.1. The van der Waals surface area contributed by atoms with Crippen LogP contribution < -0.4 is 9.47 Å². The molecule has 0 N–H and O–H groups in total. The third-order valence-electron chi connectivity index (χ3n) is 5.17. The lowest BCUT2D eigenvalue weighted by Gasteiger charge is -2.07. The highest BCUT2D eigenvalue weighted by atomic mass is 16.5. The molecule has 0 fully saturated rings. The highest BCUT2D eigenvalue weighted by Gasteiger charge is 2.09. The van der Waals surface area contributed by atoms with Gasteiger partial charge < -0.3 is 9.47 Å². The second-order valence-electron chi connectivity index (χ2n) is 8.04. The van der Waals surface area contributed by atoms with E-state index in [-0.39, 0.29) is 11.9 Å². The van der Waals surface area contributed by atoms with Crippen LogP contribution in [0, 0.1) is 0 Å². The molecule has 0 aliphatic heterocycles. The lowest BCUT2D eigenvalue weighted by Crippen LogP contribution is -2.08. The number of ether oxygens (including phenoxy) is 2. The summed E-state index contributed by atoms with van der Waals surface area (Å²) in [4.78, 5) is 32.4. The maximum absolute atomic E-state index is 12.0. The normalized spacial score (nSPS) is 10.7. The SMILES string of the molecule is CCCCCCCCC(=O)Oc1ccc(-c2ncc(OC(=O)CCCCCC)cn2)cc1. The summed E-state index contributed by atoms with van der Waals surface area (Å²) < 4.78 is 10.7. The average molecular weight is 441 g/mol. The molecule has 0 aliphatic carbocycles. The molecule has 174 valence electrons. The fraction of sp³-hybridized carbons (Fsp3) is 0.538. The zero-order valence-electron chi connectivity index (χ0n) is 19.5. The highest BCUT2D eigenvalue weighted by Crippen LogP contribution is 2.21. The summed E-state index contributed by atoms with van der Waals surface area (Å²) in [5.74, 6) is 0.903. The summed E-state index contributed by atoms with van der Waals surface area (Å²) in [5, 5.41) is 0. The highest BCUT2D eigenvalue weighted by molar-refractivity contribution is 5.73. The van der Waals surface area contributed by atoms with Crippen LogP contribution in [0.4, 0.5) is 0 Å². The number of hydrogen-bond donors (Lipinski definition) is 0. The Morgan fingerprint density at radius 2 is 1.12 bits per heavy atom. The summed E-state index contributed by atoms with van der Waals surface area (Å²) in [6, 6.07) is 7.09. The molecular formula is C26H36N2O4. The van der Waals surface area contributed by atoms with Crippen LogP contribution in [0.5, 0.6) is 11.5 Å². The Balaban J connectivity index is 1.76. The van der Waals surface area contributed by atoms with E-state index in [9.17, 15) is 9.59 Å². The summed E-state index contributed by atoms with van der Waals surface area (Å²) in [7, 11) is 0. The largest absolute Gasteiger partial charge is 0.427 e. The quantitative estimate of drug-likeness (QED) is 0.175. The van der Waals surface area contributed by atoms with E-state index >= 15 is 0 Å². The molecule has 1 aromatic heterocycles. The van der Waals surface area contributed by atoms with Crippen molar-refractivity contribution in [3.8, 4) is 22.9 Å². The van der Waals surface area contributed by atoms with E-state index in [4.69, 9.17) is 9.47 Å². The smallest absolute Gasteiger partial charge is 0.311 e. The minimum atomic E-state index is -0.260. The van der Waals surface area contributed by atoms with Crippen LogP contribution in [0.1, 0.15) is 90.9 Å². The summed E-state index contributed by atoms with van der Waals surface area (Å²) >= 11 is 0. The van der Waals surface area contributed by atoms with Gasteiger partial charge in [-0.05, 0) is 37.1 Å². The van der Waals surface area contributed by atoms with Gasteiger partial charge in [0.15, 0.2) is 11.6 Å². The van der Waals surface area contributed by atoms with Crippen LogP contribution >= 0.6 is 0 Å². The van der Waals surface area contributed by atoms with Crippen molar-refractivity contribution in [2.45, 2.75) is 90.9 Å². The Morgan fingerprint density at radius 3 is 1.69 bits per heavy atom. The van der Waals surface area contributed by atoms with Crippen molar-refractivity contribution < 1.29 is 19.1 Å². The van der Waals surface area contributed by atoms with Gasteiger partial charge in [0.1, 0.15) is 5.75 Å². The van der Waals surface area contributed by atoms with Gasteiger partial charge in [0.2, 0.25) is 0 Å². The second-order valence-corrected chi connectivity index (χ2v) is 8.04. The Bertz CT molecular complexity index is 804. The number of carbonyl (C=O) groups excluding carboxylic acids is 2. The van der Waals surface area contributed by atoms with Crippen LogP contribution in [0.3, 0.4) is 0 Å². The minimum absolute atomic E-state index is 0.203. The van der Waals surface area contributed by atoms with E-state index in [1.165, 1.54) is 38.1 Å². The van der Waals surface area contributed by atoms with E-state index in [0.29, 0.717) is 30.2 Å². The van der Waals surface area contributed by atoms with Crippen LogP contribution in [0.15, 0.2) is 36.7 Å². The number of rotatable bonds is 15. The van der Waals surface area contributed by atoms with Gasteiger partial charge in [0, 0.05) is 18.4 Å². The lowest BCUT2D eigenvalue weighted by molar-refractivity contribution is -0.135. The van der Waals surface area contributed by atoms with Crippen molar-refractivity contribution in [1.82, 2.24) is 9.97 Å². The molecule has 6 heteroatoms. The maximum Gasteiger partial charge on any atom is 0.311 e.